The van der Waals surface area contributed by atoms with Gasteiger partial charge in [0.2, 0.25) is 0 Å². The fraction of sp³-hybridized carbons (Fsp3) is 0.875. The number of carbonyl (C=O) groups excluding carboxylic acids is 1. The van der Waals surface area contributed by atoms with Crippen LogP contribution >= 0.6 is 23.3 Å². The molecule has 0 fully saturated rings. The van der Waals surface area contributed by atoms with Crippen LogP contribution in [0, 0.1) is 0 Å². The van der Waals surface area contributed by atoms with E-state index in [1.165, 1.54) is 0 Å². The first kappa shape index (κ1) is 12.3. The summed E-state index contributed by atoms with van der Waals surface area (Å²) in [6.45, 7) is 5.63. The summed E-state index contributed by atoms with van der Waals surface area (Å²) >= 11 is 3.47. The first-order valence-electron chi connectivity index (χ1n) is 3.73. The Morgan fingerprint density at radius 1 is 1.42 bits per heavy atom. The average Bonchev–Trinajstić information content (AvgIpc) is 1.49. The van der Waals surface area contributed by atoms with Crippen molar-refractivity contribution in [3.8, 4) is 0 Å². The predicted molar refractivity (Wildman–Crippen MR) is 59.1 cm³/mol. The minimum absolute atomic E-state index is 0.126. The van der Waals surface area contributed by atoms with E-state index in [1.807, 2.05) is 33.3 Å². The molecule has 0 aromatic rings. The Balaban J connectivity index is 3.92. The number of hydrogen-bond acceptors (Lipinski definition) is 2. The van der Waals surface area contributed by atoms with Crippen molar-refractivity contribution in [2.24, 2.45) is 0 Å². The minimum atomic E-state index is -0.958. The van der Waals surface area contributed by atoms with Gasteiger partial charge in [-0.2, -0.15) is 8.46 Å². The molecule has 12 heavy (non-hydrogen) atoms. The standard InChI is InChI=1S/C8H17BrO2S/c1-8(2,3)11-7(10)6-12(4,5)9/h6H2,1-5H3. The van der Waals surface area contributed by atoms with Crippen LogP contribution in [0.25, 0.3) is 0 Å². The van der Waals surface area contributed by atoms with Crippen molar-refractivity contribution in [2.75, 3.05) is 18.3 Å². The highest BCUT2D eigenvalue weighted by molar-refractivity contribution is 9.58. The monoisotopic (exact) mass is 256 g/mol. The van der Waals surface area contributed by atoms with Gasteiger partial charge in [0.1, 0.15) is 5.60 Å². The van der Waals surface area contributed by atoms with Crippen molar-refractivity contribution in [1.29, 1.82) is 0 Å². The van der Waals surface area contributed by atoms with Crippen molar-refractivity contribution in [3.63, 3.8) is 0 Å². The largest absolute Gasteiger partial charge is 0.459 e. The normalized spacial score (nSPS) is 14.2. The molecule has 0 atom stereocenters. The maximum atomic E-state index is 11.2. The second kappa shape index (κ2) is 4.01. The highest BCUT2D eigenvalue weighted by Crippen LogP contribution is 2.47. The van der Waals surface area contributed by atoms with E-state index in [-0.39, 0.29) is 11.6 Å². The zero-order valence-corrected chi connectivity index (χ0v) is 10.7. The Morgan fingerprint density at radius 2 is 1.83 bits per heavy atom. The molecule has 4 heteroatoms. The number of rotatable bonds is 2. The summed E-state index contributed by atoms with van der Waals surface area (Å²) in [6, 6.07) is 0. The number of ether oxygens (including phenoxy) is 1. The van der Waals surface area contributed by atoms with Gasteiger partial charge in [0.15, 0.2) is 0 Å². The summed E-state index contributed by atoms with van der Waals surface area (Å²) in [5.74, 6) is 0.351. The Morgan fingerprint density at radius 3 is 2.08 bits per heavy atom. The smallest absolute Gasteiger partial charge is 0.315 e. The molecular formula is C8H17BrO2S. The van der Waals surface area contributed by atoms with E-state index >= 15 is 0 Å². The summed E-state index contributed by atoms with van der Waals surface area (Å²) in [5, 5.41) is 0. The van der Waals surface area contributed by atoms with Gasteiger partial charge in [-0.1, -0.05) is 0 Å². The highest BCUT2D eigenvalue weighted by atomic mass is 79.9. The van der Waals surface area contributed by atoms with Gasteiger partial charge in [-0.3, -0.25) is 4.79 Å². The van der Waals surface area contributed by atoms with Crippen LogP contribution in [0.2, 0.25) is 0 Å². The quantitative estimate of drug-likeness (QED) is 0.711. The molecule has 0 rings (SSSR count). The Kier molecular flexibility index (Phi) is 4.11. The Bertz CT molecular complexity index is 149. The molecule has 0 radical (unpaired) electrons. The molecular weight excluding hydrogens is 240 g/mol. The molecule has 0 amide bonds. The number of esters is 1. The first-order valence-corrected chi connectivity index (χ1v) is 8.19. The van der Waals surface area contributed by atoms with Crippen LogP contribution in [0.3, 0.4) is 0 Å². The van der Waals surface area contributed by atoms with E-state index in [9.17, 15) is 4.79 Å². The summed E-state index contributed by atoms with van der Waals surface area (Å²) in [7, 11) is -0.958. The second-order valence-corrected chi connectivity index (χ2v) is 12.5. The fourth-order valence-corrected chi connectivity index (χ4v) is 1.83. The molecule has 0 unspecified atom stereocenters. The molecule has 0 aromatic carbocycles. The van der Waals surface area contributed by atoms with Crippen LogP contribution in [0.15, 0.2) is 0 Å². The van der Waals surface area contributed by atoms with Crippen molar-refractivity contribution in [1.82, 2.24) is 0 Å². The molecule has 0 aliphatic carbocycles. The molecule has 0 saturated carbocycles. The first-order chi connectivity index (χ1) is 5.10. The summed E-state index contributed by atoms with van der Waals surface area (Å²) in [4.78, 5) is 11.2. The van der Waals surface area contributed by atoms with E-state index in [0.29, 0.717) is 5.75 Å². The lowest BCUT2D eigenvalue weighted by molar-refractivity contribution is -0.151. The van der Waals surface area contributed by atoms with E-state index in [1.54, 1.807) is 0 Å². The Labute approximate surface area is 83.6 Å². The van der Waals surface area contributed by atoms with Gasteiger partial charge in [0, 0.05) is 0 Å². The fourth-order valence-electron chi connectivity index (χ4n) is 0.651. The third-order valence-electron chi connectivity index (χ3n) is 0.881. The lowest BCUT2D eigenvalue weighted by Gasteiger charge is -2.25. The van der Waals surface area contributed by atoms with Crippen molar-refractivity contribution < 1.29 is 9.53 Å². The van der Waals surface area contributed by atoms with Gasteiger partial charge in [-0.05, 0) is 48.1 Å². The highest BCUT2D eigenvalue weighted by Gasteiger charge is 2.20. The van der Waals surface area contributed by atoms with Gasteiger partial charge in [0.25, 0.3) is 0 Å². The average molecular weight is 257 g/mol. The van der Waals surface area contributed by atoms with Gasteiger partial charge in [-0.25, -0.2) is 0 Å². The Hall–Kier alpha value is 0.300. The van der Waals surface area contributed by atoms with Crippen LogP contribution in [-0.2, 0) is 9.53 Å². The summed E-state index contributed by atoms with van der Waals surface area (Å²) in [5.41, 5.74) is -0.366. The van der Waals surface area contributed by atoms with Crippen LogP contribution in [0.4, 0.5) is 0 Å². The summed E-state index contributed by atoms with van der Waals surface area (Å²) < 4.78 is 5.17. The zero-order chi connectivity index (χ0) is 9.99. The van der Waals surface area contributed by atoms with E-state index in [0.717, 1.165) is 0 Å². The predicted octanol–water partition coefficient (Wildman–Crippen LogP) is 2.70. The van der Waals surface area contributed by atoms with Gasteiger partial charge in [0.05, 0.1) is 5.75 Å². The molecule has 2 nitrogen and oxygen atoms in total. The lowest BCUT2D eigenvalue weighted by Crippen LogP contribution is -2.26. The number of hydrogen-bond donors (Lipinski definition) is 0. The zero-order valence-electron chi connectivity index (χ0n) is 8.31. The van der Waals surface area contributed by atoms with E-state index in [4.69, 9.17) is 4.74 Å². The van der Waals surface area contributed by atoms with Gasteiger partial charge >= 0.3 is 5.97 Å². The lowest BCUT2D eigenvalue weighted by atomic mass is 10.2. The molecule has 0 aliphatic heterocycles. The third-order valence-corrected chi connectivity index (χ3v) is 2.49. The maximum absolute atomic E-state index is 11.2. The van der Waals surface area contributed by atoms with Crippen molar-refractivity contribution in [2.45, 2.75) is 26.4 Å². The SMILES string of the molecule is CC(C)(C)OC(=O)CS(C)(C)Br. The van der Waals surface area contributed by atoms with Gasteiger partial charge in [-0.15, -0.1) is 0 Å². The van der Waals surface area contributed by atoms with Crippen LogP contribution < -0.4 is 0 Å². The van der Waals surface area contributed by atoms with Crippen molar-refractivity contribution >= 4 is 29.2 Å². The third kappa shape index (κ3) is 8.40. The molecule has 0 saturated heterocycles. The van der Waals surface area contributed by atoms with Gasteiger partial charge < -0.3 is 4.74 Å². The van der Waals surface area contributed by atoms with E-state index in [2.05, 4.69) is 14.8 Å². The number of carbonyl (C=O) groups is 1. The molecule has 0 N–H and O–H groups in total. The molecule has 0 aliphatic rings. The van der Waals surface area contributed by atoms with Crippen LogP contribution in [-0.4, -0.2) is 29.8 Å². The van der Waals surface area contributed by atoms with Crippen molar-refractivity contribution in [3.05, 3.63) is 0 Å². The summed E-state index contributed by atoms with van der Waals surface area (Å²) in [6.07, 6.45) is 4.05. The molecule has 0 bridgehead atoms. The molecule has 0 heterocycles. The maximum Gasteiger partial charge on any atom is 0.315 e. The molecule has 74 valence electrons. The topological polar surface area (TPSA) is 26.3 Å². The number of halogens is 1. The second-order valence-electron chi connectivity index (χ2n) is 4.13. The minimum Gasteiger partial charge on any atom is -0.459 e. The van der Waals surface area contributed by atoms with Crippen LogP contribution in [0.5, 0.6) is 0 Å². The van der Waals surface area contributed by atoms with Crippen LogP contribution in [0.1, 0.15) is 20.8 Å². The molecule has 0 spiro atoms. The molecule has 0 aromatic heterocycles. The van der Waals surface area contributed by atoms with E-state index < -0.39 is 8.46 Å².